The molecule has 0 fully saturated rings. The molecule has 4 nitrogen and oxygen atoms in total. The van der Waals surface area contributed by atoms with Gasteiger partial charge in [-0.15, -0.1) is 23.7 Å². The molecular formula is C19H27ClN2O2S. The molecule has 0 spiro atoms. The maximum atomic E-state index is 12.4. The van der Waals surface area contributed by atoms with Crippen molar-refractivity contribution in [2.75, 3.05) is 20.6 Å². The lowest BCUT2D eigenvalue weighted by Crippen LogP contribution is -2.35. The number of fused-ring (bicyclic) bond motifs is 1. The van der Waals surface area contributed by atoms with E-state index >= 15 is 0 Å². The third-order valence-corrected chi connectivity index (χ3v) is 5.34. The number of carbonyl (C=O) groups is 1. The second kappa shape index (κ2) is 9.41. The first-order valence-corrected chi connectivity index (χ1v) is 9.55. The van der Waals surface area contributed by atoms with Crippen molar-refractivity contribution in [2.24, 2.45) is 0 Å². The third-order valence-electron chi connectivity index (χ3n) is 4.40. The summed E-state index contributed by atoms with van der Waals surface area (Å²) in [5, 5.41) is 2.11. The molecule has 1 aliphatic rings. The number of unbranched alkanes of at least 4 members (excludes halogenated alkanes) is 1. The summed E-state index contributed by atoms with van der Waals surface area (Å²) in [7, 11) is 4.07. The molecule has 3 heterocycles. The van der Waals surface area contributed by atoms with E-state index in [9.17, 15) is 4.79 Å². The minimum atomic E-state index is 0. The molecule has 1 aliphatic heterocycles. The van der Waals surface area contributed by atoms with Crippen LogP contribution in [0.1, 0.15) is 41.2 Å². The molecule has 0 bridgehead atoms. The van der Waals surface area contributed by atoms with Gasteiger partial charge in [0, 0.05) is 17.8 Å². The van der Waals surface area contributed by atoms with Gasteiger partial charge in [0.05, 0.1) is 13.1 Å². The van der Waals surface area contributed by atoms with Crippen molar-refractivity contribution in [1.29, 1.82) is 0 Å². The van der Waals surface area contributed by atoms with E-state index in [0.29, 0.717) is 13.0 Å². The number of carbonyl (C=O) groups excluding carboxylic acids is 1. The largest absolute Gasteiger partial charge is 0.463 e. The zero-order valence-electron chi connectivity index (χ0n) is 15.0. The Balaban J connectivity index is 0.00000225. The van der Waals surface area contributed by atoms with Gasteiger partial charge in [-0.3, -0.25) is 4.79 Å². The molecule has 25 heavy (non-hydrogen) atoms. The number of hydrogen-bond acceptors (Lipinski definition) is 4. The van der Waals surface area contributed by atoms with Crippen molar-refractivity contribution in [2.45, 2.75) is 45.2 Å². The number of nitrogens with zero attached hydrogens (tertiary/aromatic N) is 2. The quantitative estimate of drug-likeness (QED) is 0.676. The molecule has 0 N–H and O–H groups in total. The maximum absolute atomic E-state index is 12.4. The Labute approximate surface area is 160 Å². The Morgan fingerprint density at radius 1 is 1.36 bits per heavy atom. The molecule has 0 aliphatic carbocycles. The summed E-state index contributed by atoms with van der Waals surface area (Å²) >= 11 is 1.80. The molecule has 0 radical (unpaired) electrons. The summed E-state index contributed by atoms with van der Waals surface area (Å²) in [4.78, 5) is 17.9. The van der Waals surface area contributed by atoms with E-state index in [1.807, 2.05) is 19.0 Å². The molecule has 6 heteroatoms. The van der Waals surface area contributed by atoms with Gasteiger partial charge < -0.3 is 14.2 Å². The smallest absolute Gasteiger partial charge is 0.222 e. The lowest BCUT2D eigenvalue weighted by molar-refractivity contribution is -0.132. The van der Waals surface area contributed by atoms with Crippen molar-refractivity contribution in [1.82, 2.24) is 9.80 Å². The van der Waals surface area contributed by atoms with Gasteiger partial charge in [-0.25, -0.2) is 0 Å². The molecule has 0 saturated heterocycles. The van der Waals surface area contributed by atoms with E-state index in [1.165, 1.54) is 10.4 Å². The minimum absolute atomic E-state index is 0. The van der Waals surface area contributed by atoms with E-state index < -0.39 is 0 Å². The summed E-state index contributed by atoms with van der Waals surface area (Å²) in [5.41, 5.74) is 1.27. The molecular weight excluding hydrogens is 356 g/mol. The SMILES string of the molecule is CN(C)Cc1cc2c(o1)CN(C(=O)CCCCc1cccs1)CC2.Cl. The van der Waals surface area contributed by atoms with Crippen LogP contribution in [0.5, 0.6) is 0 Å². The van der Waals surface area contributed by atoms with E-state index in [2.05, 4.69) is 28.5 Å². The predicted molar refractivity (Wildman–Crippen MR) is 104 cm³/mol. The minimum Gasteiger partial charge on any atom is -0.463 e. The third kappa shape index (κ3) is 5.59. The van der Waals surface area contributed by atoms with Crippen molar-refractivity contribution in [3.05, 3.63) is 45.5 Å². The zero-order valence-corrected chi connectivity index (χ0v) is 16.6. The van der Waals surface area contributed by atoms with Crippen molar-refractivity contribution in [3.63, 3.8) is 0 Å². The van der Waals surface area contributed by atoms with Crippen molar-refractivity contribution >= 4 is 29.7 Å². The molecule has 0 atom stereocenters. The molecule has 138 valence electrons. The van der Waals surface area contributed by atoms with Gasteiger partial charge >= 0.3 is 0 Å². The number of furan rings is 1. The topological polar surface area (TPSA) is 36.7 Å². The van der Waals surface area contributed by atoms with Crippen LogP contribution in [0, 0.1) is 0 Å². The highest BCUT2D eigenvalue weighted by Gasteiger charge is 2.23. The van der Waals surface area contributed by atoms with E-state index in [1.54, 1.807) is 11.3 Å². The van der Waals surface area contributed by atoms with Crippen LogP contribution in [0.15, 0.2) is 28.0 Å². The van der Waals surface area contributed by atoms with Gasteiger partial charge in [-0.1, -0.05) is 6.07 Å². The molecule has 0 saturated carbocycles. The number of amides is 1. The number of thiophene rings is 1. The number of rotatable bonds is 7. The van der Waals surface area contributed by atoms with Crippen LogP contribution in [0.25, 0.3) is 0 Å². The second-order valence-corrected chi connectivity index (χ2v) is 7.78. The van der Waals surface area contributed by atoms with E-state index in [0.717, 1.165) is 50.3 Å². The fraction of sp³-hybridized carbons (Fsp3) is 0.526. The Morgan fingerprint density at radius 2 is 2.20 bits per heavy atom. The van der Waals surface area contributed by atoms with E-state index in [4.69, 9.17) is 4.42 Å². The van der Waals surface area contributed by atoms with Crippen LogP contribution in [0.4, 0.5) is 0 Å². The zero-order chi connectivity index (χ0) is 16.9. The van der Waals surface area contributed by atoms with Crippen LogP contribution in [-0.2, 0) is 30.7 Å². The highest BCUT2D eigenvalue weighted by molar-refractivity contribution is 7.09. The summed E-state index contributed by atoms with van der Waals surface area (Å²) in [5.74, 6) is 2.23. The van der Waals surface area contributed by atoms with E-state index in [-0.39, 0.29) is 18.3 Å². The summed E-state index contributed by atoms with van der Waals surface area (Å²) in [6, 6.07) is 6.41. The average Bonchev–Trinajstić information content (AvgIpc) is 3.18. The molecule has 0 aromatic carbocycles. The van der Waals surface area contributed by atoms with Crippen molar-refractivity contribution in [3.8, 4) is 0 Å². The lowest BCUT2D eigenvalue weighted by atomic mass is 10.1. The fourth-order valence-electron chi connectivity index (χ4n) is 3.17. The molecule has 0 unspecified atom stereocenters. The summed E-state index contributed by atoms with van der Waals surface area (Å²) < 4.78 is 5.94. The van der Waals surface area contributed by atoms with Crippen LogP contribution in [-0.4, -0.2) is 36.3 Å². The number of aryl methyl sites for hydroxylation is 1. The first-order chi connectivity index (χ1) is 11.6. The van der Waals surface area contributed by atoms with Crippen LogP contribution in [0.2, 0.25) is 0 Å². The first-order valence-electron chi connectivity index (χ1n) is 8.67. The van der Waals surface area contributed by atoms with Gasteiger partial charge in [0.2, 0.25) is 5.91 Å². The lowest BCUT2D eigenvalue weighted by Gasteiger charge is -2.26. The van der Waals surface area contributed by atoms with Gasteiger partial charge in [0.25, 0.3) is 0 Å². The highest BCUT2D eigenvalue weighted by atomic mass is 35.5. The molecule has 3 rings (SSSR count). The Bertz CT molecular complexity index is 667. The Morgan fingerprint density at radius 3 is 2.92 bits per heavy atom. The monoisotopic (exact) mass is 382 g/mol. The van der Waals surface area contributed by atoms with Crippen LogP contribution < -0.4 is 0 Å². The van der Waals surface area contributed by atoms with Gasteiger partial charge in [-0.2, -0.15) is 0 Å². The Hall–Kier alpha value is -1.30. The van der Waals surface area contributed by atoms with Crippen molar-refractivity contribution < 1.29 is 9.21 Å². The molecule has 2 aromatic heterocycles. The molecule has 1 amide bonds. The van der Waals surface area contributed by atoms with Gasteiger partial charge in [-0.05, 0) is 62.9 Å². The van der Waals surface area contributed by atoms with Gasteiger partial charge in [0.1, 0.15) is 11.5 Å². The average molecular weight is 383 g/mol. The number of halogens is 1. The predicted octanol–water partition coefficient (Wildman–Crippen LogP) is 4.12. The first kappa shape index (κ1) is 20.0. The highest BCUT2D eigenvalue weighted by Crippen LogP contribution is 2.24. The van der Waals surface area contributed by atoms with Crippen LogP contribution in [0.3, 0.4) is 0 Å². The summed E-state index contributed by atoms with van der Waals surface area (Å²) in [6.45, 7) is 2.26. The van der Waals surface area contributed by atoms with Crippen LogP contribution >= 0.6 is 23.7 Å². The number of hydrogen-bond donors (Lipinski definition) is 0. The van der Waals surface area contributed by atoms with Gasteiger partial charge in [0.15, 0.2) is 0 Å². The maximum Gasteiger partial charge on any atom is 0.222 e. The standard InChI is InChI=1S/C19H26N2O2S.ClH/c1-20(2)13-16-12-15-9-10-21(14-18(15)23-16)19(22)8-4-3-6-17-7-5-11-24-17;/h5,7,11-12H,3-4,6,8-10,13-14H2,1-2H3;1H. The normalized spacial score (nSPS) is 13.6. The Kier molecular flexibility index (Phi) is 7.54. The fourth-order valence-corrected chi connectivity index (χ4v) is 3.92. The molecule has 2 aromatic rings. The summed E-state index contributed by atoms with van der Waals surface area (Å²) in [6.07, 6.45) is 4.68. The second-order valence-electron chi connectivity index (χ2n) is 6.75.